The standard InChI is InChI=1S/C31H40N2O4/c1-22-9-10-28(37-22)20-32(18-23-6-3-2-4-7-23)29(34)21-33(19-27-8-5-11-36-27)30(35)31-15-24-12-25(16-31)14-26(13-24)17-31/h2-4,6-7,9-10,24-27H,5,8,11-21H2,1H3. The number of hydrogen-bond acceptors (Lipinski definition) is 4. The van der Waals surface area contributed by atoms with Crippen LogP contribution in [0.15, 0.2) is 46.9 Å². The van der Waals surface area contributed by atoms with Gasteiger partial charge in [0.05, 0.1) is 24.6 Å². The molecular weight excluding hydrogens is 464 g/mol. The summed E-state index contributed by atoms with van der Waals surface area (Å²) in [5.74, 6) is 3.84. The van der Waals surface area contributed by atoms with E-state index in [4.69, 9.17) is 9.15 Å². The number of nitrogens with zero attached hydrogens (tertiary/aromatic N) is 2. The van der Waals surface area contributed by atoms with Crippen LogP contribution in [0.4, 0.5) is 0 Å². The highest BCUT2D eigenvalue weighted by molar-refractivity contribution is 5.88. The van der Waals surface area contributed by atoms with Crippen LogP contribution in [0.1, 0.15) is 68.5 Å². The van der Waals surface area contributed by atoms with Gasteiger partial charge in [-0.15, -0.1) is 0 Å². The Hall–Kier alpha value is -2.60. The van der Waals surface area contributed by atoms with E-state index in [9.17, 15) is 9.59 Å². The van der Waals surface area contributed by atoms with Gasteiger partial charge in [0.2, 0.25) is 11.8 Å². The van der Waals surface area contributed by atoms with E-state index in [2.05, 4.69) is 0 Å². The Balaban J connectivity index is 1.23. The first-order valence-corrected chi connectivity index (χ1v) is 14.2. The Morgan fingerprint density at radius 3 is 2.22 bits per heavy atom. The Kier molecular flexibility index (Phi) is 6.87. The summed E-state index contributed by atoms with van der Waals surface area (Å²) in [5.41, 5.74) is 0.799. The number of rotatable bonds is 9. The molecule has 5 fully saturated rings. The monoisotopic (exact) mass is 504 g/mol. The maximum absolute atomic E-state index is 14.3. The molecule has 1 aromatic carbocycles. The van der Waals surface area contributed by atoms with Crippen LogP contribution in [0.3, 0.4) is 0 Å². The van der Waals surface area contributed by atoms with Gasteiger partial charge in [0.25, 0.3) is 0 Å². The van der Waals surface area contributed by atoms with Crippen molar-refractivity contribution in [1.29, 1.82) is 0 Å². The van der Waals surface area contributed by atoms with Gasteiger partial charge in [-0.25, -0.2) is 0 Å². The Morgan fingerprint density at radius 1 is 0.919 bits per heavy atom. The molecule has 1 saturated heterocycles. The molecule has 0 radical (unpaired) electrons. The SMILES string of the molecule is Cc1ccc(CN(Cc2ccccc2)C(=O)CN(CC2CCCO2)C(=O)C23CC4CC(CC(C4)C2)C3)o1. The number of aryl methyl sites for hydroxylation is 1. The molecule has 2 heterocycles. The molecule has 2 aromatic rings. The van der Waals surface area contributed by atoms with Crippen molar-refractivity contribution in [3.05, 3.63) is 59.5 Å². The highest BCUT2D eigenvalue weighted by atomic mass is 16.5. The molecule has 5 aliphatic rings. The number of benzene rings is 1. The van der Waals surface area contributed by atoms with E-state index in [1.807, 2.05) is 59.2 Å². The second-order valence-corrected chi connectivity index (χ2v) is 12.3. The molecule has 6 heteroatoms. The quantitative estimate of drug-likeness (QED) is 0.462. The van der Waals surface area contributed by atoms with Crippen LogP contribution in [-0.2, 0) is 27.4 Å². The Bertz CT molecular complexity index is 1070. The van der Waals surface area contributed by atoms with Crippen LogP contribution in [0.25, 0.3) is 0 Å². The normalized spacial score (nSPS) is 30.0. The molecule has 4 aliphatic carbocycles. The van der Waals surface area contributed by atoms with Gasteiger partial charge in [0, 0.05) is 19.7 Å². The molecule has 2 amide bonds. The first-order chi connectivity index (χ1) is 18.0. The molecule has 6 nitrogen and oxygen atoms in total. The van der Waals surface area contributed by atoms with Crippen LogP contribution in [0.2, 0.25) is 0 Å². The topological polar surface area (TPSA) is 63.0 Å². The van der Waals surface area contributed by atoms with Crippen molar-refractivity contribution in [1.82, 2.24) is 9.80 Å². The summed E-state index contributed by atoms with van der Waals surface area (Å²) in [6.45, 7) is 4.16. The molecule has 4 saturated carbocycles. The van der Waals surface area contributed by atoms with E-state index >= 15 is 0 Å². The van der Waals surface area contributed by atoms with E-state index in [0.29, 0.717) is 37.4 Å². The smallest absolute Gasteiger partial charge is 0.242 e. The largest absolute Gasteiger partial charge is 0.464 e. The number of amides is 2. The second kappa shape index (κ2) is 10.3. The van der Waals surface area contributed by atoms with E-state index in [0.717, 1.165) is 55.8 Å². The zero-order chi connectivity index (χ0) is 25.4. The van der Waals surface area contributed by atoms with Gasteiger partial charge in [0.1, 0.15) is 11.5 Å². The van der Waals surface area contributed by atoms with Gasteiger partial charge >= 0.3 is 0 Å². The van der Waals surface area contributed by atoms with Crippen molar-refractivity contribution in [2.24, 2.45) is 23.2 Å². The lowest BCUT2D eigenvalue weighted by atomic mass is 9.49. The van der Waals surface area contributed by atoms with Gasteiger partial charge < -0.3 is 19.0 Å². The molecule has 7 rings (SSSR count). The number of hydrogen-bond donors (Lipinski definition) is 0. The minimum atomic E-state index is -0.268. The molecule has 1 atom stereocenters. The van der Waals surface area contributed by atoms with Crippen LogP contribution in [-0.4, -0.2) is 47.4 Å². The van der Waals surface area contributed by atoms with Gasteiger partial charge in [-0.1, -0.05) is 30.3 Å². The average molecular weight is 505 g/mol. The van der Waals surface area contributed by atoms with E-state index in [1.54, 1.807) is 0 Å². The third kappa shape index (κ3) is 5.36. The molecule has 37 heavy (non-hydrogen) atoms. The maximum Gasteiger partial charge on any atom is 0.242 e. The summed E-state index contributed by atoms with van der Waals surface area (Å²) in [5, 5.41) is 0. The van der Waals surface area contributed by atoms with Crippen LogP contribution < -0.4 is 0 Å². The Labute approximate surface area is 220 Å². The van der Waals surface area contributed by atoms with Crippen molar-refractivity contribution in [3.63, 3.8) is 0 Å². The molecule has 1 aliphatic heterocycles. The summed E-state index contributed by atoms with van der Waals surface area (Å²) in [4.78, 5) is 32.0. The minimum absolute atomic E-state index is 0.0287. The lowest BCUT2D eigenvalue weighted by molar-refractivity contribution is -0.162. The fourth-order valence-electron chi connectivity index (χ4n) is 8.02. The second-order valence-electron chi connectivity index (χ2n) is 12.3. The predicted octanol–water partition coefficient (Wildman–Crippen LogP) is 5.34. The summed E-state index contributed by atoms with van der Waals surface area (Å²) < 4.78 is 11.8. The van der Waals surface area contributed by atoms with Crippen LogP contribution >= 0.6 is 0 Å². The van der Waals surface area contributed by atoms with Gasteiger partial charge in [-0.3, -0.25) is 9.59 Å². The van der Waals surface area contributed by atoms with Crippen molar-refractivity contribution < 1.29 is 18.7 Å². The fourth-order valence-corrected chi connectivity index (χ4v) is 8.02. The summed E-state index contributed by atoms with van der Waals surface area (Å²) in [6, 6.07) is 13.9. The summed E-state index contributed by atoms with van der Waals surface area (Å²) in [6.07, 6.45) is 8.92. The molecule has 0 N–H and O–H groups in total. The van der Waals surface area contributed by atoms with Crippen molar-refractivity contribution in [3.8, 4) is 0 Å². The molecule has 0 spiro atoms. The number of furan rings is 1. The van der Waals surface area contributed by atoms with Crippen molar-refractivity contribution in [2.75, 3.05) is 19.7 Å². The fraction of sp³-hybridized carbons (Fsp3) is 0.613. The molecule has 4 bridgehead atoms. The first kappa shape index (κ1) is 24.7. The van der Waals surface area contributed by atoms with E-state index in [1.165, 1.54) is 19.3 Å². The first-order valence-electron chi connectivity index (χ1n) is 14.2. The maximum atomic E-state index is 14.3. The number of ether oxygens (including phenoxy) is 1. The molecule has 1 unspecified atom stereocenters. The highest BCUT2D eigenvalue weighted by Gasteiger charge is 2.56. The van der Waals surface area contributed by atoms with Gasteiger partial charge in [-0.05, 0) is 93.7 Å². The molecular formula is C31H40N2O4. The summed E-state index contributed by atoms with van der Waals surface area (Å²) >= 11 is 0. The Morgan fingerprint density at radius 2 is 1.62 bits per heavy atom. The third-order valence-electron chi connectivity index (χ3n) is 9.26. The number of carbonyl (C=O) groups is 2. The van der Waals surface area contributed by atoms with Crippen molar-refractivity contribution in [2.45, 2.75) is 77.5 Å². The van der Waals surface area contributed by atoms with Crippen molar-refractivity contribution >= 4 is 11.8 Å². The van der Waals surface area contributed by atoms with Crippen LogP contribution in [0, 0.1) is 30.1 Å². The lowest BCUT2D eigenvalue weighted by Crippen LogP contribution is -2.57. The van der Waals surface area contributed by atoms with Crippen LogP contribution in [0.5, 0.6) is 0 Å². The van der Waals surface area contributed by atoms with Gasteiger partial charge in [-0.2, -0.15) is 0 Å². The van der Waals surface area contributed by atoms with E-state index < -0.39 is 0 Å². The average Bonchev–Trinajstić information content (AvgIpc) is 3.54. The molecule has 198 valence electrons. The zero-order valence-electron chi connectivity index (χ0n) is 22.1. The summed E-state index contributed by atoms with van der Waals surface area (Å²) in [7, 11) is 0. The highest BCUT2D eigenvalue weighted by Crippen LogP contribution is 2.60. The lowest BCUT2D eigenvalue weighted by Gasteiger charge is -2.56. The minimum Gasteiger partial charge on any atom is -0.464 e. The van der Waals surface area contributed by atoms with E-state index in [-0.39, 0.29) is 29.9 Å². The number of carbonyl (C=O) groups excluding carboxylic acids is 2. The zero-order valence-corrected chi connectivity index (χ0v) is 22.1. The third-order valence-corrected chi connectivity index (χ3v) is 9.26. The molecule has 1 aromatic heterocycles. The predicted molar refractivity (Wildman–Crippen MR) is 140 cm³/mol. The van der Waals surface area contributed by atoms with Gasteiger partial charge in [0.15, 0.2) is 0 Å².